The number of rotatable bonds is 3. The molecule has 7 N–H and O–H groups in total. The lowest BCUT2D eigenvalue weighted by molar-refractivity contribution is 0.0923. The Hall–Kier alpha value is -0.240. The van der Waals surface area contributed by atoms with Gasteiger partial charge in [0, 0.05) is 0 Å². The normalized spacial score (nSPS) is 9.00. The van der Waals surface area contributed by atoms with E-state index in [1.807, 2.05) is 11.1 Å². The van der Waals surface area contributed by atoms with Crippen LogP contribution in [0.2, 0.25) is 0 Å². The second-order valence-electron chi connectivity index (χ2n) is 0.506. The lowest BCUT2D eigenvalue weighted by atomic mass is 12.2. The first-order valence-corrected chi connectivity index (χ1v) is 1.26. The van der Waals surface area contributed by atoms with Crippen LogP contribution in [0.1, 0.15) is 0 Å². The molecule has 0 amide bonds. The van der Waals surface area contributed by atoms with Gasteiger partial charge in [-0.1, -0.05) is 0 Å². The number of nitrogens with one attached hydrogen (secondary N) is 4. The summed E-state index contributed by atoms with van der Waals surface area (Å²) in [6.45, 7) is 0. The van der Waals surface area contributed by atoms with Gasteiger partial charge in [0.25, 0.3) is 0 Å². The highest BCUT2D eigenvalue weighted by molar-refractivity contribution is 3.95. The molecule has 0 aromatic rings. The third-order valence-corrected chi connectivity index (χ3v) is 0.191. The van der Waals surface area contributed by atoms with Crippen molar-refractivity contribution in [2.24, 2.45) is 5.84 Å². The van der Waals surface area contributed by atoms with Crippen molar-refractivity contribution in [3.05, 3.63) is 0 Å². The first kappa shape index (κ1) is 5.76. The third kappa shape index (κ3) is 3.76. The standard InChI is InChI=1S/H7N5O/c1-2-3-4-5-6/h2-6H,1H2. The summed E-state index contributed by atoms with van der Waals surface area (Å²) in [6.07, 6.45) is 0. The van der Waals surface area contributed by atoms with Gasteiger partial charge in [-0.05, 0) is 0 Å². The zero-order chi connectivity index (χ0) is 4.83. The highest BCUT2D eigenvalue weighted by atomic mass is 16.5. The molecule has 38 valence electrons. The van der Waals surface area contributed by atoms with Crippen molar-refractivity contribution in [1.29, 1.82) is 0 Å². The molecule has 0 aliphatic carbocycles. The smallest absolute Gasteiger partial charge is 0.125 e. The van der Waals surface area contributed by atoms with Crippen LogP contribution >= 0.6 is 0 Å². The summed E-state index contributed by atoms with van der Waals surface area (Å²) in [5.41, 5.74) is 7.68. The van der Waals surface area contributed by atoms with Crippen LogP contribution < -0.4 is 28.0 Å². The zero-order valence-corrected chi connectivity index (χ0v) is 3.02. The summed E-state index contributed by atoms with van der Waals surface area (Å²) in [4.78, 5) is 0. The summed E-state index contributed by atoms with van der Waals surface area (Å²) in [5.74, 6) is 4.64. The second-order valence-corrected chi connectivity index (χ2v) is 0.506. The molecule has 0 heterocycles. The predicted molar refractivity (Wildman–Crippen MR) is 18.5 cm³/mol. The van der Waals surface area contributed by atoms with Gasteiger partial charge in [0.05, 0.1) is 0 Å². The number of hydrogen-bond donors (Lipinski definition) is 6. The Morgan fingerprint density at radius 2 is 2.00 bits per heavy atom. The first-order valence-electron chi connectivity index (χ1n) is 1.26. The van der Waals surface area contributed by atoms with Gasteiger partial charge in [-0.2, -0.15) is 16.6 Å². The molecular weight excluding hydrogens is 86.0 g/mol. The molecule has 0 rings (SSSR count). The molecule has 0 aliphatic heterocycles. The average Bonchev–Trinajstić information content (AvgIpc) is 1.61. The van der Waals surface area contributed by atoms with E-state index in [0.717, 1.165) is 0 Å². The fourth-order valence-electron chi connectivity index (χ4n) is 0.0640. The highest BCUT2D eigenvalue weighted by Gasteiger charge is 1.63. The predicted octanol–water partition coefficient (Wildman–Crippen LogP) is -2.65. The fraction of sp³-hybridized carbons (Fsp3) is 0. The maximum absolute atomic E-state index is 7.68. The summed E-state index contributed by atoms with van der Waals surface area (Å²) < 4.78 is 0. The Balaban J connectivity index is 2.34. The monoisotopic (exact) mass is 93.1 g/mol. The van der Waals surface area contributed by atoms with E-state index >= 15 is 0 Å². The van der Waals surface area contributed by atoms with E-state index < -0.39 is 0 Å². The molecule has 0 aliphatic rings. The fourth-order valence-corrected chi connectivity index (χ4v) is 0.0640. The molecular formula is H7N5O. The van der Waals surface area contributed by atoms with Crippen molar-refractivity contribution in [2.75, 3.05) is 0 Å². The molecule has 0 bridgehead atoms. The van der Waals surface area contributed by atoms with Crippen molar-refractivity contribution in [2.45, 2.75) is 0 Å². The molecule has 0 atom stereocenters. The average molecular weight is 93.1 g/mol. The van der Waals surface area contributed by atoms with Crippen LogP contribution in [0.15, 0.2) is 0 Å². The molecule has 0 saturated heterocycles. The molecule has 0 spiro atoms. The van der Waals surface area contributed by atoms with E-state index in [9.17, 15) is 0 Å². The van der Waals surface area contributed by atoms with Gasteiger partial charge in [-0.3, -0.25) is 5.84 Å². The van der Waals surface area contributed by atoms with Gasteiger partial charge in [0.1, 0.15) is 0 Å². The van der Waals surface area contributed by atoms with E-state index in [0.29, 0.717) is 0 Å². The maximum Gasteiger partial charge on any atom is -0.125 e. The SMILES string of the molecule is NNNNNO. The Morgan fingerprint density at radius 3 is 2.17 bits per heavy atom. The number of hydrazine groups is 4. The molecule has 6 heavy (non-hydrogen) atoms. The molecule has 0 aromatic heterocycles. The molecule has 6 heteroatoms. The van der Waals surface area contributed by atoms with Gasteiger partial charge >= 0.3 is 0 Å². The molecule has 0 radical (unpaired) electrons. The van der Waals surface area contributed by atoms with Crippen LogP contribution in [0.4, 0.5) is 0 Å². The molecule has 6 nitrogen and oxygen atoms in total. The molecule has 0 unspecified atom stereocenters. The molecule has 0 fully saturated rings. The first-order chi connectivity index (χ1) is 2.91. The van der Waals surface area contributed by atoms with Crippen LogP contribution in [0.25, 0.3) is 0 Å². The van der Waals surface area contributed by atoms with Crippen molar-refractivity contribution in [1.82, 2.24) is 22.2 Å². The minimum Gasteiger partial charge on any atom is -0.301 e. The summed E-state index contributed by atoms with van der Waals surface area (Å²) in [7, 11) is 0. The number of nitrogens with two attached hydrogens (primary N) is 1. The van der Waals surface area contributed by atoms with E-state index in [4.69, 9.17) is 5.21 Å². The van der Waals surface area contributed by atoms with Crippen molar-refractivity contribution >= 4 is 0 Å². The van der Waals surface area contributed by atoms with Crippen LogP contribution in [0, 0.1) is 0 Å². The minimum atomic E-state index is 1.56. The minimum absolute atomic E-state index is 1.56. The van der Waals surface area contributed by atoms with E-state index in [1.165, 1.54) is 0 Å². The summed E-state index contributed by atoms with van der Waals surface area (Å²) >= 11 is 0. The maximum atomic E-state index is 7.68. The van der Waals surface area contributed by atoms with Gasteiger partial charge < -0.3 is 5.21 Å². The zero-order valence-electron chi connectivity index (χ0n) is 3.02. The lowest BCUT2D eigenvalue weighted by Gasteiger charge is -1.97. The van der Waals surface area contributed by atoms with Gasteiger partial charge in [-0.25, -0.2) is 0 Å². The van der Waals surface area contributed by atoms with E-state index in [-0.39, 0.29) is 0 Å². The van der Waals surface area contributed by atoms with E-state index in [2.05, 4.69) is 11.4 Å². The van der Waals surface area contributed by atoms with Gasteiger partial charge in [0.2, 0.25) is 0 Å². The van der Waals surface area contributed by atoms with Crippen LogP contribution in [-0.2, 0) is 0 Å². The van der Waals surface area contributed by atoms with Crippen molar-refractivity contribution < 1.29 is 5.21 Å². The molecule has 0 saturated carbocycles. The summed E-state index contributed by atoms with van der Waals surface area (Å²) in [6, 6.07) is 0. The second kappa shape index (κ2) is 4.76. The lowest BCUT2D eigenvalue weighted by Crippen LogP contribution is -2.52. The van der Waals surface area contributed by atoms with Gasteiger partial charge in [-0.15, -0.1) is 5.59 Å². The Morgan fingerprint density at radius 1 is 1.33 bits per heavy atom. The summed E-state index contributed by atoms with van der Waals surface area (Å²) in [5, 5.41) is 7.68. The van der Waals surface area contributed by atoms with Crippen molar-refractivity contribution in [3.8, 4) is 0 Å². The Kier molecular flexibility index (Phi) is 4.57. The quantitative estimate of drug-likeness (QED) is 0.130. The van der Waals surface area contributed by atoms with Gasteiger partial charge in [0.15, 0.2) is 0 Å². The van der Waals surface area contributed by atoms with Crippen LogP contribution in [0.3, 0.4) is 0 Å². The Labute approximate surface area is 34.5 Å². The number of hydrogen-bond acceptors (Lipinski definition) is 6. The third-order valence-electron chi connectivity index (χ3n) is 0.191. The largest absolute Gasteiger partial charge is 0.301 e. The van der Waals surface area contributed by atoms with Crippen LogP contribution in [0.5, 0.6) is 0 Å². The Bertz CT molecular complexity index is 15.9. The van der Waals surface area contributed by atoms with E-state index in [1.54, 1.807) is 5.59 Å². The topological polar surface area (TPSA) is 94.4 Å². The molecule has 0 aromatic carbocycles. The highest BCUT2D eigenvalue weighted by Crippen LogP contribution is 1.12. The van der Waals surface area contributed by atoms with Crippen molar-refractivity contribution in [3.63, 3.8) is 0 Å². The van der Waals surface area contributed by atoms with Crippen LogP contribution in [-0.4, -0.2) is 5.21 Å².